The number of hydrogen-bond donors (Lipinski definition) is 1. The molecular weight excluding hydrogens is 250 g/mol. The lowest BCUT2D eigenvalue weighted by atomic mass is 10.1. The molecule has 18 heavy (non-hydrogen) atoms. The second-order valence-corrected chi connectivity index (χ2v) is 6.78. The molecule has 2 rings (SSSR count). The summed E-state index contributed by atoms with van der Waals surface area (Å²) < 4.78 is 26.6. The maximum absolute atomic E-state index is 12.5. The normalized spacial score (nSPS) is 25.3. The van der Waals surface area contributed by atoms with Crippen LogP contribution in [0.25, 0.3) is 0 Å². The second-order valence-electron chi connectivity index (χ2n) is 4.89. The third-order valence-electron chi connectivity index (χ3n) is 3.32. The monoisotopic (exact) mass is 269 g/mol. The number of hydrogen-bond acceptors (Lipinski definition) is 4. The van der Waals surface area contributed by atoms with E-state index in [1.165, 1.54) is 6.20 Å². The molecule has 0 amide bonds. The van der Waals surface area contributed by atoms with Crippen LogP contribution in [0.4, 0.5) is 5.82 Å². The molecule has 0 bridgehead atoms. The van der Waals surface area contributed by atoms with E-state index in [2.05, 4.69) is 17.2 Å². The van der Waals surface area contributed by atoms with Gasteiger partial charge in [-0.2, -0.15) is 4.31 Å². The van der Waals surface area contributed by atoms with Crippen molar-refractivity contribution < 1.29 is 8.42 Å². The van der Waals surface area contributed by atoms with Crippen LogP contribution in [0.3, 0.4) is 0 Å². The van der Waals surface area contributed by atoms with Gasteiger partial charge in [0, 0.05) is 31.9 Å². The third-order valence-corrected chi connectivity index (χ3v) is 5.30. The van der Waals surface area contributed by atoms with Crippen LogP contribution in [0.15, 0.2) is 23.2 Å². The molecule has 1 aromatic rings. The highest BCUT2D eigenvalue weighted by atomic mass is 32.2. The summed E-state index contributed by atoms with van der Waals surface area (Å²) in [7, 11) is -1.68. The predicted molar refractivity (Wildman–Crippen MR) is 70.9 cm³/mol. The molecule has 1 saturated heterocycles. The largest absolute Gasteiger partial charge is 0.373 e. The molecule has 1 aliphatic rings. The predicted octanol–water partition coefficient (Wildman–Crippen LogP) is 1.54. The van der Waals surface area contributed by atoms with E-state index in [4.69, 9.17) is 0 Å². The first-order chi connectivity index (χ1) is 8.45. The zero-order valence-electron chi connectivity index (χ0n) is 10.9. The molecule has 2 heterocycles. The van der Waals surface area contributed by atoms with Crippen LogP contribution in [0.1, 0.15) is 20.3 Å². The van der Waals surface area contributed by atoms with Crippen molar-refractivity contribution in [2.75, 3.05) is 18.9 Å². The molecule has 1 aliphatic heterocycles. The summed E-state index contributed by atoms with van der Waals surface area (Å²) in [5, 5.41) is 2.86. The van der Waals surface area contributed by atoms with Gasteiger partial charge in [0.1, 0.15) is 5.82 Å². The first-order valence-electron chi connectivity index (χ1n) is 6.11. The highest BCUT2D eigenvalue weighted by molar-refractivity contribution is 7.89. The lowest BCUT2D eigenvalue weighted by molar-refractivity contribution is 0.405. The van der Waals surface area contributed by atoms with E-state index < -0.39 is 10.0 Å². The Bertz CT molecular complexity index is 530. The maximum atomic E-state index is 12.5. The summed E-state index contributed by atoms with van der Waals surface area (Å²) in [6, 6.07) is 3.19. The average molecular weight is 269 g/mol. The second kappa shape index (κ2) is 4.85. The van der Waals surface area contributed by atoms with Gasteiger partial charge >= 0.3 is 0 Å². The van der Waals surface area contributed by atoms with E-state index in [0.717, 1.165) is 6.42 Å². The van der Waals surface area contributed by atoms with E-state index in [9.17, 15) is 8.42 Å². The molecule has 100 valence electrons. The van der Waals surface area contributed by atoms with Gasteiger partial charge in [-0.15, -0.1) is 0 Å². The minimum absolute atomic E-state index is 0.0659. The van der Waals surface area contributed by atoms with Crippen LogP contribution < -0.4 is 5.32 Å². The molecular formula is C12H19N3O2S. The summed E-state index contributed by atoms with van der Waals surface area (Å²) in [6.45, 7) is 4.64. The number of sulfonamides is 1. The highest BCUT2D eigenvalue weighted by Gasteiger charge is 2.36. The number of rotatable bonds is 3. The van der Waals surface area contributed by atoms with Crippen LogP contribution in [0, 0.1) is 5.92 Å². The Labute approximate surface area is 108 Å². The number of nitrogens with zero attached hydrogens (tertiary/aromatic N) is 2. The van der Waals surface area contributed by atoms with Gasteiger partial charge in [-0.05, 0) is 25.3 Å². The van der Waals surface area contributed by atoms with Crippen molar-refractivity contribution in [2.24, 2.45) is 5.92 Å². The topological polar surface area (TPSA) is 62.3 Å². The Kier molecular flexibility index (Phi) is 3.59. The van der Waals surface area contributed by atoms with Crippen LogP contribution in [0.5, 0.6) is 0 Å². The molecule has 1 N–H and O–H groups in total. The molecule has 5 nitrogen and oxygen atoms in total. The molecule has 0 saturated carbocycles. The van der Waals surface area contributed by atoms with E-state index in [1.807, 2.05) is 6.92 Å². The van der Waals surface area contributed by atoms with Crippen molar-refractivity contribution in [1.29, 1.82) is 0 Å². The van der Waals surface area contributed by atoms with Crippen molar-refractivity contribution in [3.8, 4) is 0 Å². The fraction of sp³-hybridized carbons (Fsp3) is 0.583. The van der Waals surface area contributed by atoms with Gasteiger partial charge in [0.2, 0.25) is 10.0 Å². The summed E-state index contributed by atoms with van der Waals surface area (Å²) in [5.74, 6) is 0.983. The van der Waals surface area contributed by atoms with Crippen molar-refractivity contribution in [3.05, 3.63) is 18.3 Å². The lowest BCUT2D eigenvalue weighted by Gasteiger charge is -2.21. The molecule has 0 aliphatic carbocycles. The summed E-state index contributed by atoms with van der Waals surface area (Å²) in [5.41, 5.74) is 0. The van der Waals surface area contributed by atoms with Gasteiger partial charge in [0.25, 0.3) is 0 Å². The zero-order chi connectivity index (χ0) is 13.3. The summed E-state index contributed by atoms with van der Waals surface area (Å²) in [4.78, 5) is 4.35. The Morgan fingerprint density at radius 1 is 1.44 bits per heavy atom. The third kappa shape index (κ3) is 2.35. The quantitative estimate of drug-likeness (QED) is 0.904. The van der Waals surface area contributed by atoms with E-state index in [-0.39, 0.29) is 6.04 Å². The van der Waals surface area contributed by atoms with Gasteiger partial charge in [0.05, 0.1) is 4.90 Å². The van der Waals surface area contributed by atoms with Crippen LogP contribution >= 0.6 is 0 Å². The van der Waals surface area contributed by atoms with Gasteiger partial charge in [-0.1, -0.05) is 6.92 Å². The van der Waals surface area contributed by atoms with Gasteiger partial charge in [-0.25, -0.2) is 13.4 Å². The van der Waals surface area contributed by atoms with Crippen LogP contribution in [-0.4, -0.2) is 37.3 Å². The fourth-order valence-electron chi connectivity index (χ4n) is 2.44. The molecule has 2 atom stereocenters. The first-order valence-corrected chi connectivity index (χ1v) is 7.55. The van der Waals surface area contributed by atoms with E-state index in [1.54, 1.807) is 23.5 Å². The standard InChI is InChI=1S/C12H19N3O2S/c1-9-6-10(2)15(8-9)18(16,17)11-4-5-14-12(7-11)13-3/h4-5,7,9-10H,6,8H2,1-3H3,(H,13,14). The Morgan fingerprint density at radius 3 is 2.72 bits per heavy atom. The number of anilines is 1. The number of aromatic nitrogens is 1. The molecule has 2 unspecified atom stereocenters. The van der Waals surface area contributed by atoms with Crippen LogP contribution in [0.2, 0.25) is 0 Å². The average Bonchev–Trinajstić information content (AvgIpc) is 2.69. The van der Waals surface area contributed by atoms with Crippen molar-refractivity contribution in [3.63, 3.8) is 0 Å². The zero-order valence-corrected chi connectivity index (χ0v) is 11.7. The smallest absolute Gasteiger partial charge is 0.243 e. The number of nitrogens with one attached hydrogen (secondary N) is 1. The van der Waals surface area contributed by atoms with E-state index in [0.29, 0.717) is 23.2 Å². The Morgan fingerprint density at radius 2 is 2.17 bits per heavy atom. The Hall–Kier alpha value is -1.14. The SMILES string of the molecule is CNc1cc(S(=O)(=O)N2CC(C)CC2C)ccn1. The van der Waals surface area contributed by atoms with Crippen molar-refractivity contribution >= 4 is 15.8 Å². The number of pyridine rings is 1. The van der Waals surface area contributed by atoms with Crippen molar-refractivity contribution in [1.82, 2.24) is 9.29 Å². The fourth-order valence-corrected chi connectivity index (χ4v) is 4.22. The molecule has 1 aromatic heterocycles. The van der Waals surface area contributed by atoms with Crippen LogP contribution in [-0.2, 0) is 10.0 Å². The molecule has 0 aromatic carbocycles. The molecule has 6 heteroatoms. The summed E-state index contributed by atoms with van der Waals surface area (Å²) in [6.07, 6.45) is 2.44. The minimum Gasteiger partial charge on any atom is -0.373 e. The lowest BCUT2D eigenvalue weighted by Crippen LogP contribution is -2.34. The van der Waals surface area contributed by atoms with Gasteiger partial charge < -0.3 is 5.32 Å². The minimum atomic E-state index is -3.40. The van der Waals surface area contributed by atoms with Gasteiger partial charge in [-0.3, -0.25) is 0 Å². The molecule has 0 radical (unpaired) electrons. The molecule has 0 spiro atoms. The van der Waals surface area contributed by atoms with Crippen molar-refractivity contribution in [2.45, 2.75) is 31.2 Å². The van der Waals surface area contributed by atoms with E-state index >= 15 is 0 Å². The highest BCUT2D eigenvalue weighted by Crippen LogP contribution is 2.29. The Balaban J connectivity index is 2.36. The molecule has 1 fully saturated rings. The van der Waals surface area contributed by atoms with Gasteiger partial charge in [0.15, 0.2) is 0 Å². The summed E-state index contributed by atoms with van der Waals surface area (Å²) >= 11 is 0. The maximum Gasteiger partial charge on any atom is 0.243 e. The first kappa shape index (κ1) is 13.3.